The molecule has 0 aliphatic carbocycles. The highest BCUT2D eigenvalue weighted by atomic mass is 19.1. The van der Waals surface area contributed by atoms with Crippen LogP contribution in [-0.4, -0.2) is 0 Å². The van der Waals surface area contributed by atoms with E-state index >= 15 is 0 Å². The molecule has 0 N–H and O–H groups in total. The number of halogens is 2. The van der Waals surface area contributed by atoms with Gasteiger partial charge in [-0.15, -0.1) is 0 Å². The third-order valence-electron chi connectivity index (χ3n) is 2.69. The topological polar surface area (TPSA) is 0 Å². The van der Waals surface area contributed by atoms with Crippen LogP contribution >= 0.6 is 0 Å². The van der Waals surface area contributed by atoms with Crippen LogP contribution in [0.2, 0.25) is 0 Å². The molecule has 0 heterocycles. The van der Waals surface area contributed by atoms with Crippen molar-refractivity contribution in [2.45, 2.75) is 20.5 Å². The van der Waals surface area contributed by atoms with Crippen molar-refractivity contribution in [2.75, 3.05) is 0 Å². The summed E-state index contributed by atoms with van der Waals surface area (Å²) in [5.41, 5.74) is 1.83. The predicted octanol–water partition coefficient (Wildman–Crippen LogP) is 4.07. The van der Waals surface area contributed by atoms with E-state index in [1.54, 1.807) is 13.0 Å². The first-order chi connectivity index (χ1) is 7.13. The van der Waals surface area contributed by atoms with Crippen molar-refractivity contribution < 1.29 is 8.78 Å². The summed E-state index contributed by atoms with van der Waals surface area (Å²) in [5.74, 6) is -0.420. The van der Waals surface area contributed by atoms with Gasteiger partial charge in [0.25, 0.3) is 0 Å². The molecule has 78 valence electrons. The highest BCUT2D eigenvalue weighted by molar-refractivity contribution is 5.85. The Kier molecular flexibility index (Phi) is 2.43. The molecule has 0 nitrogen and oxygen atoms in total. The van der Waals surface area contributed by atoms with E-state index in [9.17, 15) is 8.78 Å². The largest absolute Gasteiger partial charge is 0.246 e. The standard InChI is InChI=1S/C13H12F2/c1-8-3-4-10-6-9(2)12(7-14)13(15)11(10)5-8/h3-6H,7H2,1-2H3. The van der Waals surface area contributed by atoms with Crippen LogP contribution in [-0.2, 0) is 6.67 Å². The van der Waals surface area contributed by atoms with Crippen molar-refractivity contribution in [1.29, 1.82) is 0 Å². The third kappa shape index (κ3) is 1.60. The Morgan fingerprint density at radius 2 is 1.87 bits per heavy atom. The molecule has 0 bridgehead atoms. The van der Waals surface area contributed by atoms with Crippen molar-refractivity contribution in [2.24, 2.45) is 0 Å². The number of alkyl halides is 1. The lowest BCUT2D eigenvalue weighted by Crippen LogP contribution is -1.93. The summed E-state index contributed by atoms with van der Waals surface area (Å²) in [4.78, 5) is 0. The summed E-state index contributed by atoms with van der Waals surface area (Å²) in [6.45, 7) is 2.88. The zero-order chi connectivity index (χ0) is 11.0. The van der Waals surface area contributed by atoms with E-state index in [4.69, 9.17) is 0 Å². The van der Waals surface area contributed by atoms with E-state index in [0.29, 0.717) is 10.9 Å². The van der Waals surface area contributed by atoms with Crippen LogP contribution in [0.3, 0.4) is 0 Å². The molecule has 0 aromatic heterocycles. The Bertz CT molecular complexity index is 515. The van der Waals surface area contributed by atoms with Crippen molar-refractivity contribution in [3.05, 3.63) is 46.8 Å². The minimum atomic E-state index is -0.748. The van der Waals surface area contributed by atoms with Gasteiger partial charge < -0.3 is 0 Å². The summed E-state index contributed by atoms with van der Waals surface area (Å²) < 4.78 is 26.5. The highest BCUT2D eigenvalue weighted by Crippen LogP contribution is 2.25. The van der Waals surface area contributed by atoms with Gasteiger partial charge in [0, 0.05) is 10.9 Å². The van der Waals surface area contributed by atoms with Gasteiger partial charge in [-0.25, -0.2) is 8.78 Å². The maximum Gasteiger partial charge on any atom is 0.137 e. The van der Waals surface area contributed by atoms with Gasteiger partial charge in [-0.3, -0.25) is 0 Å². The third-order valence-corrected chi connectivity index (χ3v) is 2.69. The van der Waals surface area contributed by atoms with Gasteiger partial charge in [0.05, 0.1) is 0 Å². The molecule has 0 aliphatic heterocycles. The maximum absolute atomic E-state index is 13.9. The van der Waals surface area contributed by atoms with Gasteiger partial charge in [-0.05, 0) is 30.9 Å². The van der Waals surface area contributed by atoms with E-state index in [0.717, 1.165) is 10.9 Å². The molecule has 2 heteroatoms. The number of hydrogen-bond donors (Lipinski definition) is 0. The molecule has 0 saturated heterocycles. The quantitative estimate of drug-likeness (QED) is 0.659. The Hall–Kier alpha value is -1.44. The van der Waals surface area contributed by atoms with E-state index < -0.39 is 12.5 Å². The second-order valence-electron chi connectivity index (χ2n) is 3.84. The minimum Gasteiger partial charge on any atom is -0.246 e. The summed E-state index contributed by atoms with van der Waals surface area (Å²) in [7, 11) is 0. The monoisotopic (exact) mass is 206 g/mol. The normalized spacial score (nSPS) is 10.9. The van der Waals surface area contributed by atoms with Crippen LogP contribution in [0.5, 0.6) is 0 Å². The zero-order valence-corrected chi connectivity index (χ0v) is 8.77. The fourth-order valence-corrected chi connectivity index (χ4v) is 1.81. The van der Waals surface area contributed by atoms with Crippen LogP contribution < -0.4 is 0 Å². The van der Waals surface area contributed by atoms with Gasteiger partial charge in [0.1, 0.15) is 12.5 Å². The van der Waals surface area contributed by atoms with E-state index in [1.165, 1.54) is 0 Å². The SMILES string of the molecule is Cc1ccc2cc(C)c(CF)c(F)c2c1. The Morgan fingerprint density at radius 1 is 1.13 bits per heavy atom. The number of fused-ring (bicyclic) bond motifs is 1. The second kappa shape index (κ2) is 3.61. The molecule has 0 spiro atoms. The Balaban J connectivity index is 2.86. The lowest BCUT2D eigenvalue weighted by Gasteiger charge is -2.08. The second-order valence-corrected chi connectivity index (χ2v) is 3.84. The fraction of sp³-hybridized carbons (Fsp3) is 0.231. The number of benzene rings is 2. The van der Waals surface area contributed by atoms with E-state index in [-0.39, 0.29) is 5.56 Å². The van der Waals surface area contributed by atoms with E-state index in [1.807, 2.05) is 25.1 Å². The van der Waals surface area contributed by atoms with Crippen molar-refractivity contribution in [3.63, 3.8) is 0 Å². The van der Waals surface area contributed by atoms with Crippen LogP contribution in [0, 0.1) is 19.7 Å². The first kappa shape index (κ1) is 10.1. The van der Waals surface area contributed by atoms with Crippen LogP contribution in [0.1, 0.15) is 16.7 Å². The molecule has 0 radical (unpaired) electrons. The van der Waals surface area contributed by atoms with Crippen LogP contribution in [0.15, 0.2) is 24.3 Å². The molecular formula is C13H12F2. The Morgan fingerprint density at radius 3 is 2.53 bits per heavy atom. The molecule has 2 aromatic carbocycles. The molecule has 15 heavy (non-hydrogen) atoms. The predicted molar refractivity (Wildman–Crippen MR) is 58.2 cm³/mol. The van der Waals surface area contributed by atoms with Gasteiger partial charge in [0.2, 0.25) is 0 Å². The molecule has 0 saturated carbocycles. The molecule has 2 rings (SSSR count). The van der Waals surface area contributed by atoms with E-state index in [2.05, 4.69) is 0 Å². The van der Waals surface area contributed by atoms with Crippen molar-refractivity contribution in [1.82, 2.24) is 0 Å². The summed E-state index contributed by atoms with van der Waals surface area (Å²) >= 11 is 0. The zero-order valence-electron chi connectivity index (χ0n) is 8.77. The van der Waals surface area contributed by atoms with Crippen molar-refractivity contribution >= 4 is 10.8 Å². The van der Waals surface area contributed by atoms with Gasteiger partial charge >= 0.3 is 0 Å². The number of aryl methyl sites for hydroxylation is 2. The Labute approximate surface area is 87.5 Å². The number of rotatable bonds is 1. The average Bonchev–Trinajstić information content (AvgIpc) is 2.20. The minimum absolute atomic E-state index is 0.174. The molecule has 0 amide bonds. The van der Waals surface area contributed by atoms with Gasteiger partial charge in [-0.1, -0.05) is 23.8 Å². The van der Waals surface area contributed by atoms with Crippen molar-refractivity contribution in [3.8, 4) is 0 Å². The van der Waals surface area contributed by atoms with Crippen LogP contribution in [0.4, 0.5) is 8.78 Å². The lowest BCUT2D eigenvalue weighted by atomic mass is 10.00. The summed E-state index contributed by atoms with van der Waals surface area (Å²) in [6.07, 6.45) is 0. The van der Waals surface area contributed by atoms with Gasteiger partial charge in [-0.2, -0.15) is 0 Å². The maximum atomic E-state index is 13.9. The summed E-state index contributed by atoms with van der Waals surface area (Å²) in [6, 6.07) is 7.37. The average molecular weight is 206 g/mol. The van der Waals surface area contributed by atoms with Gasteiger partial charge in [0.15, 0.2) is 0 Å². The summed E-state index contributed by atoms with van der Waals surface area (Å²) in [5, 5.41) is 1.33. The first-order valence-corrected chi connectivity index (χ1v) is 4.88. The number of hydrogen-bond acceptors (Lipinski definition) is 0. The first-order valence-electron chi connectivity index (χ1n) is 4.88. The molecule has 0 aliphatic rings. The fourth-order valence-electron chi connectivity index (χ4n) is 1.81. The lowest BCUT2D eigenvalue weighted by molar-refractivity contribution is 0.464. The molecular weight excluding hydrogens is 194 g/mol. The molecule has 0 atom stereocenters. The van der Waals surface area contributed by atoms with Crippen LogP contribution in [0.25, 0.3) is 10.8 Å². The molecule has 0 unspecified atom stereocenters. The molecule has 2 aromatic rings. The highest BCUT2D eigenvalue weighted by Gasteiger charge is 2.10. The molecule has 0 fully saturated rings. The smallest absolute Gasteiger partial charge is 0.137 e.